The number of para-hydroxylation sites is 1. The molecule has 1 aromatic carbocycles. The molecule has 1 atom stereocenters. The van der Waals surface area contributed by atoms with E-state index in [0.717, 1.165) is 40.8 Å². The molecule has 0 saturated carbocycles. The van der Waals surface area contributed by atoms with Crippen LogP contribution in [0.15, 0.2) is 35.1 Å². The summed E-state index contributed by atoms with van der Waals surface area (Å²) in [6.07, 6.45) is 4.02. The molecule has 0 spiro atoms. The number of pyridine rings is 2. The number of fused-ring (bicyclic) bond motifs is 5. The van der Waals surface area contributed by atoms with Gasteiger partial charge in [-0.05, 0) is 50.0 Å². The topological polar surface area (TPSA) is 96.7 Å². The number of hydrogen-bond donors (Lipinski definition) is 2. The molecule has 3 aliphatic heterocycles. The minimum Gasteiger partial charge on any atom is -0.458 e. The van der Waals surface area contributed by atoms with E-state index in [1.165, 1.54) is 32.4 Å². The van der Waals surface area contributed by atoms with E-state index in [2.05, 4.69) is 16.3 Å². The summed E-state index contributed by atoms with van der Waals surface area (Å²) < 4.78 is 6.91. The SMILES string of the molecule is CC[C@@]1(O)C(=O)OCc2c1cc1n(c2=O)Cc2c-1nc1ccccc1c2CNCCN1CCCCC1. The zero-order valence-electron chi connectivity index (χ0n) is 20.7. The van der Waals surface area contributed by atoms with Gasteiger partial charge in [-0.1, -0.05) is 31.5 Å². The quantitative estimate of drug-likeness (QED) is 0.318. The molecule has 2 aromatic heterocycles. The fourth-order valence-electron chi connectivity index (χ4n) is 5.95. The van der Waals surface area contributed by atoms with Crippen LogP contribution in [0.4, 0.5) is 0 Å². The van der Waals surface area contributed by atoms with E-state index >= 15 is 0 Å². The number of benzene rings is 1. The molecule has 0 bridgehead atoms. The van der Waals surface area contributed by atoms with Gasteiger partial charge in [0.05, 0.1) is 29.0 Å². The Bertz CT molecular complexity index is 1410. The van der Waals surface area contributed by atoms with Crippen LogP contribution in [0.2, 0.25) is 0 Å². The highest BCUT2D eigenvalue weighted by atomic mass is 16.6. The standard InChI is InChI=1S/C28H32N4O4/c1-2-28(35)22-14-24-25-20(16-32(24)26(33)21(22)17-36-27(28)34)19(18-8-4-5-9-23(18)30-25)15-29-10-13-31-11-6-3-7-12-31/h4-5,8-9,14,29,35H,2-3,6-7,10-13,15-17H2,1H3/t28-/m0/s1. The van der Waals surface area contributed by atoms with Gasteiger partial charge in [-0.15, -0.1) is 0 Å². The van der Waals surface area contributed by atoms with Gasteiger partial charge < -0.3 is 24.6 Å². The predicted molar refractivity (Wildman–Crippen MR) is 137 cm³/mol. The molecule has 8 nitrogen and oxygen atoms in total. The number of aromatic nitrogens is 2. The fourth-order valence-corrected chi connectivity index (χ4v) is 5.95. The molecule has 0 radical (unpaired) electrons. The average Bonchev–Trinajstić information content (AvgIpc) is 3.28. The summed E-state index contributed by atoms with van der Waals surface area (Å²) in [4.78, 5) is 33.5. The molecule has 3 aromatic rings. The maximum absolute atomic E-state index is 13.5. The van der Waals surface area contributed by atoms with E-state index < -0.39 is 11.6 Å². The van der Waals surface area contributed by atoms with Crippen LogP contribution in [0.5, 0.6) is 0 Å². The number of piperidine rings is 1. The Morgan fingerprint density at radius 3 is 2.75 bits per heavy atom. The zero-order valence-corrected chi connectivity index (χ0v) is 20.7. The van der Waals surface area contributed by atoms with E-state index in [0.29, 0.717) is 29.9 Å². The lowest BCUT2D eigenvalue weighted by Gasteiger charge is -2.31. The van der Waals surface area contributed by atoms with E-state index in [4.69, 9.17) is 9.72 Å². The van der Waals surface area contributed by atoms with Gasteiger partial charge in [-0.3, -0.25) is 4.79 Å². The maximum Gasteiger partial charge on any atom is 0.343 e. The Morgan fingerprint density at radius 2 is 1.94 bits per heavy atom. The summed E-state index contributed by atoms with van der Waals surface area (Å²) in [5.74, 6) is -0.704. The summed E-state index contributed by atoms with van der Waals surface area (Å²) in [7, 11) is 0. The van der Waals surface area contributed by atoms with Crippen molar-refractivity contribution < 1.29 is 14.6 Å². The summed E-state index contributed by atoms with van der Waals surface area (Å²) in [6.45, 7) is 6.97. The molecule has 36 heavy (non-hydrogen) atoms. The first-order valence-corrected chi connectivity index (χ1v) is 13.0. The van der Waals surface area contributed by atoms with Crippen molar-refractivity contribution in [3.8, 4) is 11.4 Å². The number of cyclic esters (lactones) is 1. The van der Waals surface area contributed by atoms with Crippen LogP contribution < -0.4 is 10.9 Å². The van der Waals surface area contributed by atoms with Crippen LogP contribution in [-0.2, 0) is 34.8 Å². The lowest BCUT2D eigenvalue weighted by molar-refractivity contribution is -0.172. The van der Waals surface area contributed by atoms with Gasteiger partial charge in [-0.2, -0.15) is 0 Å². The van der Waals surface area contributed by atoms with Gasteiger partial charge in [-0.25, -0.2) is 9.78 Å². The molecule has 2 N–H and O–H groups in total. The minimum atomic E-state index is -1.82. The Labute approximate surface area is 209 Å². The van der Waals surface area contributed by atoms with Crippen molar-refractivity contribution >= 4 is 16.9 Å². The molecule has 5 heterocycles. The molecule has 0 aliphatic carbocycles. The average molecular weight is 489 g/mol. The third kappa shape index (κ3) is 3.67. The number of rotatable bonds is 6. The fraction of sp³-hybridized carbons (Fsp3) is 0.464. The number of ether oxygens (including phenoxy) is 1. The number of nitrogens with zero attached hydrogens (tertiary/aromatic N) is 3. The first-order valence-electron chi connectivity index (χ1n) is 13.0. The second kappa shape index (κ2) is 9.10. The molecule has 3 aliphatic rings. The van der Waals surface area contributed by atoms with Gasteiger partial charge in [0.2, 0.25) is 0 Å². The third-order valence-electron chi connectivity index (χ3n) is 8.07. The molecule has 6 rings (SSSR count). The molecule has 1 fully saturated rings. The number of hydrogen-bond acceptors (Lipinski definition) is 7. The number of carbonyl (C=O) groups is 1. The second-order valence-corrected chi connectivity index (χ2v) is 10.1. The van der Waals surface area contributed by atoms with Gasteiger partial charge >= 0.3 is 5.97 Å². The van der Waals surface area contributed by atoms with Crippen LogP contribution in [0.3, 0.4) is 0 Å². The molecule has 0 unspecified atom stereocenters. The van der Waals surface area contributed by atoms with Crippen LogP contribution in [0.25, 0.3) is 22.3 Å². The van der Waals surface area contributed by atoms with Gasteiger partial charge in [0.1, 0.15) is 6.61 Å². The highest BCUT2D eigenvalue weighted by Gasteiger charge is 2.45. The van der Waals surface area contributed by atoms with Crippen molar-refractivity contribution in [2.75, 3.05) is 26.2 Å². The Balaban J connectivity index is 1.39. The van der Waals surface area contributed by atoms with E-state index in [1.807, 2.05) is 18.2 Å². The molecular formula is C28H32N4O4. The van der Waals surface area contributed by atoms with E-state index in [1.54, 1.807) is 17.6 Å². The summed E-state index contributed by atoms with van der Waals surface area (Å²) >= 11 is 0. The minimum absolute atomic E-state index is 0.119. The van der Waals surface area contributed by atoms with Crippen LogP contribution in [0.1, 0.15) is 54.9 Å². The summed E-state index contributed by atoms with van der Waals surface area (Å²) in [5.41, 5.74) is 3.08. The smallest absolute Gasteiger partial charge is 0.343 e. The zero-order chi connectivity index (χ0) is 24.9. The molecule has 188 valence electrons. The lowest BCUT2D eigenvalue weighted by atomic mass is 9.86. The summed E-state index contributed by atoms with van der Waals surface area (Å²) in [6, 6.07) is 9.85. The number of likely N-dealkylation sites (tertiary alicyclic amines) is 1. The van der Waals surface area contributed by atoms with Gasteiger partial charge in [0.25, 0.3) is 5.56 Å². The van der Waals surface area contributed by atoms with Gasteiger partial charge in [0.15, 0.2) is 5.60 Å². The third-order valence-corrected chi connectivity index (χ3v) is 8.07. The van der Waals surface area contributed by atoms with Crippen LogP contribution in [0, 0.1) is 0 Å². The predicted octanol–water partition coefficient (Wildman–Crippen LogP) is 2.66. The van der Waals surface area contributed by atoms with Crippen LogP contribution >= 0.6 is 0 Å². The Hall–Kier alpha value is -3.07. The maximum atomic E-state index is 13.5. The molecule has 8 heteroatoms. The monoisotopic (exact) mass is 488 g/mol. The largest absolute Gasteiger partial charge is 0.458 e. The highest BCUT2D eigenvalue weighted by molar-refractivity contribution is 5.89. The number of esters is 1. The number of carbonyl (C=O) groups excluding carboxylic acids is 1. The van der Waals surface area contributed by atoms with Crippen molar-refractivity contribution in [1.29, 1.82) is 0 Å². The van der Waals surface area contributed by atoms with Crippen molar-refractivity contribution in [3.05, 3.63) is 62.9 Å². The first-order chi connectivity index (χ1) is 17.5. The molecule has 1 saturated heterocycles. The number of nitrogens with one attached hydrogen (secondary N) is 1. The summed E-state index contributed by atoms with van der Waals surface area (Å²) in [5, 5.41) is 15.8. The van der Waals surface area contributed by atoms with Gasteiger partial charge in [0, 0.05) is 36.1 Å². The van der Waals surface area contributed by atoms with E-state index in [-0.39, 0.29) is 18.6 Å². The van der Waals surface area contributed by atoms with Crippen molar-refractivity contribution in [2.45, 2.75) is 57.9 Å². The van der Waals surface area contributed by atoms with Crippen molar-refractivity contribution in [1.82, 2.24) is 19.8 Å². The van der Waals surface area contributed by atoms with Crippen molar-refractivity contribution in [3.63, 3.8) is 0 Å². The van der Waals surface area contributed by atoms with Crippen LogP contribution in [-0.4, -0.2) is 51.7 Å². The normalized spacial score (nSPS) is 21.2. The van der Waals surface area contributed by atoms with Crippen molar-refractivity contribution in [2.24, 2.45) is 0 Å². The lowest BCUT2D eigenvalue weighted by Crippen LogP contribution is -2.44. The highest BCUT2D eigenvalue weighted by Crippen LogP contribution is 2.40. The Morgan fingerprint density at radius 1 is 1.14 bits per heavy atom. The molecular weight excluding hydrogens is 456 g/mol. The second-order valence-electron chi connectivity index (χ2n) is 10.1. The van der Waals surface area contributed by atoms with E-state index in [9.17, 15) is 14.7 Å². The first kappa shape index (κ1) is 23.3. The Kier molecular flexibility index (Phi) is 5.90. The molecule has 0 amide bonds. The number of aliphatic hydroxyl groups is 1.